The van der Waals surface area contributed by atoms with Crippen molar-refractivity contribution >= 4 is 11.9 Å². The van der Waals surface area contributed by atoms with E-state index in [4.69, 9.17) is 9.15 Å². The minimum Gasteiger partial charge on any atom is -0.497 e. The van der Waals surface area contributed by atoms with E-state index in [2.05, 4.69) is 10.3 Å². The summed E-state index contributed by atoms with van der Waals surface area (Å²) >= 11 is 0. The highest BCUT2D eigenvalue weighted by molar-refractivity contribution is 5.84. The van der Waals surface area contributed by atoms with E-state index in [0.29, 0.717) is 19.0 Å². The number of nitrogens with one attached hydrogen (secondary N) is 1. The van der Waals surface area contributed by atoms with Gasteiger partial charge in [-0.3, -0.25) is 4.79 Å². The number of rotatable bonds is 8. The molecule has 0 unspecified atom stereocenters. The zero-order chi connectivity index (χ0) is 20.5. The number of likely N-dealkylation sites (N-methyl/N-ethyl adjacent to an activating group) is 1. The van der Waals surface area contributed by atoms with Crippen LogP contribution in [0.5, 0.6) is 5.75 Å². The highest BCUT2D eigenvalue weighted by atomic mass is 16.5. The third-order valence-corrected chi connectivity index (χ3v) is 4.45. The molecule has 0 fully saturated rings. The summed E-state index contributed by atoms with van der Waals surface area (Å²) < 4.78 is 10.6. The molecule has 152 valence electrons. The average molecular weight is 386 g/mol. The summed E-state index contributed by atoms with van der Waals surface area (Å²) in [7, 11) is 7.07. The minimum atomic E-state index is -0.0395. The van der Waals surface area contributed by atoms with E-state index in [1.807, 2.05) is 49.2 Å². The third-order valence-electron chi connectivity index (χ3n) is 4.45. The first kappa shape index (κ1) is 21.3. The Morgan fingerprint density at radius 3 is 2.46 bits per heavy atom. The van der Waals surface area contributed by atoms with Crippen molar-refractivity contribution in [2.45, 2.75) is 19.9 Å². The Kier molecular flexibility index (Phi) is 7.92. The molecule has 28 heavy (non-hydrogen) atoms. The van der Waals surface area contributed by atoms with Crippen molar-refractivity contribution in [3.63, 3.8) is 0 Å². The van der Waals surface area contributed by atoms with Crippen LogP contribution in [0.3, 0.4) is 0 Å². The van der Waals surface area contributed by atoms with E-state index in [1.165, 1.54) is 5.56 Å². The molecule has 0 aliphatic carbocycles. The summed E-state index contributed by atoms with van der Waals surface area (Å²) in [5.41, 5.74) is 2.29. The number of carbonyl (C=O) groups is 1. The van der Waals surface area contributed by atoms with Crippen LogP contribution in [0.2, 0.25) is 0 Å². The van der Waals surface area contributed by atoms with E-state index >= 15 is 0 Å². The molecule has 0 aliphatic rings. The van der Waals surface area contributed by atoms with Gasteiger partial charge in [-0.25, -0.2) is 4.99 Å². The van der Waals surface area contributed by atoms with Gasteiger partial charge in [-0.2, -0.15) is 0 Å². The summed E-state index contributed by atoms with van der Waals surface area (Å²) in [5.74, 6) is 2.37. The van der Waals surface area contributed by atoms with Gasteiger partial charge in [0.15, 0.2) is 5.96 Å². The van der Waals surface area contributed by atoms with Crippen molar-refractivity contribution in [2.24, 2.45) is 4.99 Å². The van der Waals surface area contributed by atoms with Gasteiger partial charge in [-0.05, 0) is 37.1 Å². The van der Waals surface area contributed by atoms with E-state index in [1.54, 1.807) is 32.4 Å². The Labute approximate surface area is 167 Å². The van der Waals surface area contributed by atoms with Crippen molar-refractivity contribution < 1.29 is 13.9 Å². The number of aliphatic imine (C=N–C) groups is 1. The topological polar surface area (TPSA) is 70.3 Å². The molecule has 0 radical (unpaired) electrons. The quantitative estimate of drug-likeness (QED) is 0.557. The van der Waals surface area contributed by atoms with Gasteiger partial charge < -0.3 is 24.3 Å². The van der Waals surface area contributed by atoms with Crippen molar-refractivity contribution in [1.82, 2.24) is 15.1 Å². The fraction of sp³-hybridized carbons (Fsp3) is 0.429. The standard InChI is InChI=1S/C21H30N4O3/c1-16-18(11-13-28-16)15-25(4)21(23-14-20(26)24(2)3)22-12-10-17-6-8-19(27-5)9-7-17/h6-9,11,13H,10,12,14-15H2,1-5H3,(H,22,23). The molecule has 0 aliphatic heterocycles. The largest absolute Gasteiger partial charge is 0.497 e. The number of ether oxygens (including phenoxy) is 1. The second-order valence-electron chi connectivity index (χ2n) is 6.81. The lowest BCUT2D eigenvalue weighted by atomic mass is 10.1. The number of guanidine groups is 1. The fourth-order valence-electron chi connectivity index (χ4n) is 2.61. The first-order valence-corrected chi connectivity index (χ1v) is 9.26. The maximum atomic E-state index is 11.9. The van der Waals surface area contributed by atoms with Crippen molar-refractivity contribution in [1.29, 1.82) is 0 Å². The molecule has 0 atom stereocenters. The average Bonchev–Trinajstić information content (AvgIpc) is 3.09. The van der Waals surface area contributed by atoms with Crippen LogP contribution in [0.1, 0.15) is 16.9 Å². The van der Waals surface area contributed by atoms with Gasteiger partial charge in [0.25, 0.3) is 0 Å². The second kappa shape index (κ2) is 10.4. The van der Waals surface area contributed by atoms with Crippen LogP contribution < -0.4 is 10.1 Å². The van der Waals surface area contributed by atoms with Gasteiger partial charge >= 0.3 is 0 Å². The zero-order valence-electron chi connectivity index (χ0n) is 17.4. The molecule has 1 aromatic carbocycles. The van der Waals surface area contributed by atoms with E-state index in [-0.39, 0.29) is 12.5 Å². The van der Waals surface area contributed by atoms with Gasteiger partial charge in [-0.15, -0.1) is 0 Å². The predicted octanol–water partition coefficient (Wildman–Crippen LogP) is 2.30. The monoisotopic (exact) mass is 386 g/mol. The first-order valence-electron chi connectivity index (χ1n) is 9.26. The second-order valence-corrected chi connectivity index (χ2v) is 6.81. The molecule has 7 nitrogen and oxygen atoms in total. The number of nitrogens with zero attached hydrogens (tertiary/aromatic N) is 3. The molecule has 0 saturated carbocycles. The Morgan fingerprint density at radius 2 is 1.89 bits per heavy atom. The van der Waals surface area contributed by atoms with Crippen LogP contribution in [-0.4, -0.2) is 63.0 Å². The maximum absolute atomic E-state index is 11.9. The molecular formula is C21H30N4O3. The molecule has 0 saturated heterocycles. The molecule has 1 heterocycles. The minimum absolute atomic E-state index is 0.0395. The molecule has 1 aromatic heterocycles. The van der Waals surface area contributed by atoms with Crippen molar-refractivity contribution in [2.75, 3.05) is 41.3 Å². The van der Waals surface area contributed by atoms with Gasteiger partial charge in [0.1, 0.15) is 18.1 Å². The van der Waals surface area contributed by atoms with Gasteiger partial charge in [0.2, 0.25) is 5.91 Å². The Morgan fingerprint density at radius 1 is 1.18 bits per heavy atom. The summed E-state index contributed by atoms with van der Waals surface area (Å²) in [6.45, 7) is 3.39. The summed E-state index contributed by atoms with van der Waals surface area (Å²) in [4.78, 5) is 20.0. The van der Waals surface area contributed by atoms with E-state index in [0.717, 1.165) is 23.5 Å². The number of methoxy groups -OCH3 is 1. The molecule has 2 aromatic rings. The maximum Gasteiger partial charge on any atom is 0.243 e. The van der Waals surface area contributed by atoms with Gasteiger partial charge in [-0.1, -0.05) is 12.1 Å². The van der Waals surface area contributed by atoms with Crippen LogP contribution in [-0.2, 0) is 17.8 Å². The Balaban J connectivity index is 2.00. The van der Waals surface area contributed by atoms with Crippen molar-refractivity contribution in [3.05, 3.63) is 53.5 Å². The lowest BCUT2D eigenvalue weighted by molar-refractivity contribution is -0.127. The number of benzene rings is 1. The Bertz CT molecular complexity index is 781. The normalized spacial score (nSPS) is 11.2. The molecule has 2 rings (SSSR count). The number of hydrogen-bond acceptors (Lipinski definition) is 4. The van der Waals surface area contributed by atoms with Crippen LogP contribution >= 0.6 is 0 Å². The summed E-state index contributed by atoms with van der Waals surface area (Å²) in [5, 5.41) is 3.37. The number of amides is 1. The first-order chi connectivity index (χ1) is 13.4. The summed E-state index contributed by atoms with van der Waals surface area (Å²) in [6, 6.07) is 9.95. The molecular weight excluding hydrogens is 356 g/mol. The lowest BCUT2D eigenvalue weighted by Gasteiger charge is -2.22. The SMILES string of the molecule is COc1ccc(CCNC(=NCC(=O)N(C)C)N(C)Cc2ccoc2C)cc1. The lowest BCUT2D eigenvalue weighted by Crippen LogP contribution is -2.40. The zero-order valence-corrected chi connectivity index (χ0v) is 17.4. The van der Waals surface area contributed by atoms with Gasteiger partial charge in [0.05, 0.1) is 13.4 Å². The van der Waals surface area contributed by atoms with E-state index in [9.17, 15) is 4.79 Å². The molecule has 0 bridgehead atoms. The number of carbonyl (C=O) groups excluding carboxylic acids is 1. The third kappa shape index (κ3) is 6.33. The van der Waals surface area contributed by atoms with Gasteiger partial charge in [0, 0.05) is 39.8 Å². The summed E-state index contributed by atoms with van der Waals surface area (Å²) in [6.07, 6.45) is 2.52. The molecule has 7 heteroatoms. The fourth-order valence-corrected chi connectivity index (χ4v) is 2.61. The molecule has 0 spiro atoms. The van der Waals surface area contributed by atoms with E-state index < -0.39 is 0 Å². The Hall–Kier alpha value is -2.96. The predicted molar refractivity (Wildman–Crippen MR) is 111 cm³/mol. The number of aryl methyl sites for hydroxylation is 1. The van der Waals surface area contributed by atoms with Crippen molar-refractivity contribution in [3.8, 4) is 5.75 Å². The van der Waals surface area contributed by atoms with Crippen LogP contribution in [0.4, 0.5) is 0 Å². The highest BCUT2D eigenvalue weighted by Gasteiger charge is 2.12. The van der Waals surface area contributed by atoms with Crippen LogP contribution in [0, 0.1) is 6.92 Å². The molecule has 1 amide bonds. The number of furan rings is 1. The highest BCUT2D eigenvalue weighted by Crippen LogP contribution is 2.12. The number of hydrogen-bond donors (Lipinski definition) is 1. The van der Waals surface area contributed by atoms with Crippen LogP contribution in [0.25, 0.3) is 0 Å². The van der Waals surface area contributed by atoms with Crippen LogP contribution in [0.15, 0.2) is 46.0 Å². The molecule has 1 N–H and O–H groups in total. The smallest absolute Gasteiger partial charge is 0.243 e.